The standard InChI is InChI=1S/C16H16N2O4/c1-20-13-10-14(21-2)18-12(15(13)16(19)22-3)8-7-11-6-4-5-9-17-11/h4-10H,1-3H3/b8-7+. The van der Waals surface area contributed by atoms with Gasteiger partial charge in [-0.3, -0.25) is 4.98 Å². The lowest BCUT2D eigenvalue weighted by Gasteiger charge is -2.11. The Morgan fingerprint density at radius 2 is 1.95 bits per heavy atom. The molecule has 0 spiro atoms. The van der Waals surface area contributed by atoms with Crippen molar-refractivity contribution in [2.75, 3.05) is 21.3 Å². The van der Waals surface area contributed by atoms with Crippen LogP contribution in [-0.4, -0.2) is 37.3 Å². The number of nitrogens with zero attached hydrogens (tertiary/aromatic N) is 2. The van der Waals surface area contributed by atoms with Crippen molar-refractivity contribution in [2.24, 2.45) is 0 Å². The summed E-state index contributed by atoms with van der Waals surface area (Å²) in [4.78, 5) is 20.4. The maximum atomic E-state index is 12.0. The predicted octanol–water partition coefficient (Wildman–Crippen LogP) is 2.45. The Hall–Kier alpha value is -2.89. The summed E-state index contributed by atoms with van der Waals surface area (Å²) in [6.45, 7) is 0. The molecule has 6 nitrogen and oxygen atoms in total. The van der Waals surface area contributed by atoms with Gasteiger partial charge in [-0.05, 0) is 24.3 Å². The van der Waals surface area contributed by atoms with Crippen LogP contribution in [0.4, 0.5) is 0 Å². The minimum Gasteiger partial charge on any atom is -0.496 e. The molecule has 0 unspecified atom stereocenters. The van der Waals surface area contributed by atoms with Crippen LogP contribution in [0.2, 0.25) is 0 Å². The van der Waals surface area contributed by atoms with Crippen molar-refractivity contribution in [2.45, 2.75) is 0 Å². The summed E-state index contributed by atoms with van der Waals surface area (Å²) in [7, 11) is 4.26. The van der Waals surface area contributed by atoms with Gasteiger partial charge < -0.3 is 14.2 Å². The molecule has 0 radical (unpaired) electrons. The molecule has 0 fully saturated rings. The second-order valence-corrected chi connectivity index (χ2v) is 4.21. The van der Waals surface area contributed by atoms with Gasteiger partial charge in [-0.15, -0.1) is 0 Å². The van der Waals surface area contributed by atoms with Crippen LogP contribution in [0, 0.1) is 0 Å². The summed E-state index contributed by atoms with van der Waals surface area (Å²) in [6.07, 6.45) is 5.09. The summed E-state index contributed by atoms with van der Waals surface area (Å²) >= 11 is 0. The molecule has 0 aromatic carbocycles. The van der Waals surface area contributed by atoms with Crippen LogP contribution in [0.5, 0.6) is 11.6 Å². The first-order valence-electron chi connectivity index (χ1n) is 6.50. The molecule has 2 heterocycles. The van der Waals surface area contributed by atoms with Gasteiger partial charge in [0.25, 0.3) is 0 Å². The van der Waals surface area contributed by atoms with E-state index in [4.69, 9.17) is 14.2 Å². The van der Waals surface area contributed by atoms with Gasteiger partial charge in [0, 0.05) is 12.3 Å². The highest BCUT2D eigenvalue weighted by Crippen LogP contribution is 2.27. The number of ether oxygens (including phenoxy) is 3. The highest BCUT2D eigenvalue weighted by atomic mass is 16.5. The lowest BCUT2D eigenvalue weighted by molar-refractivity contribution is 0.0596. The fourth-order valence-corrected chi connectivity index (χ4v) is 1.85. The molecule has 0 aliphatic heterocycles. The average molecular weight is 300 g/mol. The van der Waals surface area contributed by atoms with Gasteiger partial charge in [-0.25, -0.2) is 9.78 Å². The molecule has 0 atom stereocenters. The monoisotopic (exact) mass is 300 g/mol. The smallest absolute Gasteiger partial charge is 0.343 e. The zero-order valence-electron chi connectivity index (χ0n) is 12.6. The first kappa shape index (κ1) is 15.5. The van der Waals surface area contributed by atoms with E-state index in [-0.39, 0.29) is 5.56 Å². The minimum atomic E-state index is -0.535. The van der Waals surface area contributed by atoms with E-state index in [1.54, 1.807) is 18.3 Å². The molecular formula is C16H16N2O4. The summed E-state index contributed by atoms with van der Waals surface area (Å²) in [5, 5.41) is 0. The first-order valence-corrected chi connectivity index (χ1v) is 6.50. The molecule has 0 bridgehead atoms. The van der Waals surface area contributed by atoms with E-state index < -0.39 is 5.97 Å². The van der Waals surface area contributed by atoms with Gasteiger partial charge in [-0.2, -0.15) is 0 Å². The summed E-state index contributed by atoms with van der Waals surface area (Å²) in [5.41, 5.74) is 1.36. The lowest BCUT2D eigenvalue weighted by atomic mass is 10.1. The Balaban J connectivity index is 2.52. The number of carbonyl (C=O) groups is 1. The molecule has 0 N–H and O–H groups in total. The van der Waals surface area contributed by atoms with Crippen molar-refractivity contribution < 1.29 is 19.0 Å². The zero-order valence-corrected chi connectivity index (χ0v) is 12.6. The molecule has 0 amide bonds. The second-order valence-electron chi connectivity index (χ2n) is 4.21. The fourth-order valence-electron chi connectivity index (χ4n) is 1.85. The van der Waals surface area contributed by atoms with Crippen molar-refractivity contribution in [1.82, 2.24) is 9.97 Å². The molecular weight excluding hydrogens is 284 g/mol. The Kier molecular flexibility index (Phi) is 5.08. The normalized spacial score (nSPS) is 10.5. The molecule has 2 aromatic heterocycles. The maximum Gasteiger partial charge on any atom is 0.343 e. The van der Waals surface area contributed by atoms with Crippen molar-refractivity contribution >= 4 is 18.1 Å². The van der Waals surface area contributed by atoms with Crippen molar-refractivity contribution in [1.29, 1.82) is 0 Å². The van der Waals surface area contributed by atoms with Gasteiger partial charge in [0.2, 0.25) is 5.88 Å². The van der Waals surface area contributed by atoms with Crippen LogP contribution >= 0.6 is 0 Å². The molecule has 0 saturated heterocycles. The molecule has 0 aliphatic carbocycles. The topological polar surface area (TPSA) is 70.5 Å². The van der Waals surface area contributed by atoms with Crippen molar-refractivity contribution in [3.63, 3.8) is 0 Å². The minimum absolute atomic E-state index is 0.234. The Morgan fingerprint density at radius 3 is 2.55 bits per heavy atom. The van der Waals surface area contributed by atoms with E-state index in [1.165, 1.54) is 27.4 Å². The molecule has 2 aromatic rings. The van der Waals surface area contributed by atoms with Gasteiger partial charge in [0.1, 0.15) is 11.3 Å². The van der Waals surface area contributed by atoms with Crippen molar-refractivity contribution in [3.8, 4) is 11.6 Å². The summed E-state index contributed by atoms with van der Waals surface area (Å²) in [5.74, 6) is 0.136. The highest BCUT2D eigenvalue weighted by Gasteiger charge is 2.20. The predicted molar refractivity (Wildman–Crippen MR) is 81.8 cm³/mol. The van der Waals surface area contributed by atoms with Crippen LogP contribution in [0.25, 0.3) is 12.2 Å². The summed E-state index contributed by atoms with van der Waals surface area (Å²) < 4.78 is 15.2. The average Bonchev–Trinajstić information content (AvgIpc) is 2.59. The third-order valence-electron chi connectivity index (χ3n) is 2.91. The lowest BCUT2D eigenvalue weighted by Crippen LogP contribution is -2.09. The van der Waals surface area contributed by atoms with Crippen molar-refractivity contribution in [3.05, 3.63) is 47.4 Å². The highest BCUT2D eigenvalue weighted by molar-refractivity contribution is 5.97. The largest absolute Gasteiger partial charge is 0.496 e. The van der Waals surface area contributed by atoms with Crippen LogP contribution in [0.1, 0.15) is 21.7 Å². The second kappa shape index (κ2) is 7.21. The molecule has 0 saturated carbocycles. The Morgan fingerprint density at radius 1 is 1.14 bits per heavy atom. The molecule has 0 aliphatic rings. The van der Waals surface area contributed by atoms with E-state index in [0.29, 0.717) is 17.3 Å². The molecule has 6 heteroatoms. The number of rotatable bonds is 5. The third-order valence-corrected chi connectivity index (χ3v) is 2.91. The van der Waals surface area contributed by atoms with E-state index in [1.807, 2.05) is 18.2 Å². The number of esters is 1. The van der Waals surface area contributed by atoms with Crippen LogP contribution in [0.15, 0.2) is 30.5 Å². The fraction of sp³-hybridized carbons (Fsp3) is 0.188. The van der Waals surface area contributed by atoms with Crippen LogP contribution in [-0.2, 0) is 4.74 Å². The van der Waals surface area contributed by atoms with E-state index in [2.05, 4.69) is 9.97 Å². The van der Waals surface area contributed by atoms with Gasteiger partial charge in [0.15, 0.2) is 0 Å². The van der Waals surface area contributed by atoms with Crippen LogP contribution in [0.3, 0.4) is 0 Å². The number of hydrogen-bond donors (Lipinski definition) is 0. The van der Waals surface area contributed by atoms with Crippen LogP contribution < -0.4 is 9.47 Å². The zero-order chi connectivity index (χ0) is 15.9. The van der Waals surface area contributed by atoms with Gasteiger partial charge >= 0.3 is 5.97 Å². The number of methoxy groups -OCH3 is 3. The van der Waals surface area contributed by atoms with E-state index in [9.17, 15) is 4.79 Å². The quantitative estimate of drug-likeness (QED) is 0.790. The van der Waals surface area contributed by atoms with Gasteiger partial charge in [-0.1, -0.05) is 6.07 Å². The van der Waals surface area contributed by atoms with E-state index >= 15 is 0 Å². The number of aromatic nitrogens is 2. The number of hydrogen-bond acceptors (Lipinski definition) is 6. The Bertz CT molecular complexity index is 684. The molecule has 22 heavy (non-hydrogen) atoms. The number of pyridine rings is 2. The number of carbonyl (C=O) groups excluding carboxylic acids is 1. The molecule has 2 rings (SSSR count). The van der Waals surface area contributed by atoms with Gasteiger partial charge in [0.05, 0.1) is 32.7 Å². The SMILES string of the molecule is COC(=O)c1c(OC)cc(OC)nc1/C=C/c1ccccn1. The first-order chi connectivity index (χ1) is 10.7. The third kappa shape index (κ3) is 3.41. The maximum absolute atomic E-state index is 12.0. The van der Waals surface area contributed by atoms with E-state index in [0.717, 1.165) is 5.69 Å². The Labute approximate surface area is 128 Å². The molecule has 114 valence electrons. The summed E-state index contributed by atoms with van der Waals surface area (Å²) in [6, 6.07) is 7.06.